The molecule has 0 aliphatic heterocycles. The van der Waals surface area contributed by atoms with E-state index in [1.54, 1.807) is 0 Å². The summed E-state index contributed by atoms with van der Waals surface area (Å²) in [5, 5.41) is 12.0. The lowest BCUT2D eigenvalue weighted by Gasteiger charge is -2.27. The van der Waals surface area contributed by atoms with Crippen LogP contribution >= 0.6 is 0 Å². The van der Waals surface area contributed by atoms with Gasteiger partial charge in [-0.2, -0.15) is 0 Å². The molecule has 0 heterocycles. The minimum Gasteiger partial charge on any atom is -0.481 e. The Balaban J connectivity index is 1.77. The highest BCUT2D eigenvalue weighted by atomic mass is 16.4. The first-order valence-corrected chi connectivity index (χ1v) is 7.09. The summed E-state index contributed by atoms with van der Waals surface area (Å²) in [4.78, 5) is 22.9. The Hall–Kier alpha value is -1.06. The van der Waals surface area contributed by atoms with E-state index in [-0.39, 0.29) is 17.7 Å². The summed E-state index contributed by atoms with van der Waals surface area (Å²) in [5.41, 5.74) is 0. The van der Waals surface area contributed by atoms with Crippen molar-refractivity contribution >= 4 is 11.9 Å². The van der Waals surface area contributed by atoms with Crippen LogP contribution in [0.15, 0.2) is 0 Å². The van der Waals surface area contributed by atoms with Gasteiger partial charge in [-0.15, -0.1) is 0 Å². The number of amides is 1. The van der Waals surface area contributed by atoms with Crippen LogP contribution in [0.5, 0.6) is 0 Å². The topological polar surface area (TPSA) is 66.4 Å². The molecule has 2 atom stereocenters. The maximum absolute atomic E-state index is 12.1. The Morgan fingerprint density at radius 3 is 2.17 bits per heavy atom. The zero-order chi connectivity index (χ0) is 13.1. The number of rotatable bonds is 3. The van der Waals surface area contributed by atoms with Crippen molar-refractivity contribution < 1.29 is 14.7 Å². The number of hydrogen-bond donors (Lipinski definition) is 2. The first-order chi connectivity index (χ1) is 8.56. The average Bonchev–Trinajstić information content (AvgIpc) is 2.81. The first kappa shape index (κ1) is 13.4. The number of carboxylic acids is 1. The summed E-state index contributed by atoms with van der Waals surface area (Å²) in [6.07, 6.45) is 6.41. The highest BCUT2D eigenvalue weighted by Crippen LogP contribution is 2.32. The van der Waals surface area contributed by atoms with E-state index in [4.69, 9.17) is 5.11 Å². The van der Waals surface area contributed by atoms with Crippen LogP contribution in [-0.4, -0.2) is 23.0 Å². The van der Waals surface area contributed by atoms with Crippen LogP contribution in [0, 0.1) is 17.8 Å². The monoisotopic (exact) mass is 253 g/mol. The molecular formula is C14H23NO3. The van der Waals surface area contributed by atoms with Crippen LogP contribution in [-0.2, 0) is 9.59 Å². The molecule has 0 radical (unpaired) electrons. The van der Waals surface area contributed by atoms with E-state index in [2.05, 4.69) is 12.2 Å². The summed E-state index contributed by atoms with van der Waals surface area (Å²) >= 11 is 0. The summed E-state index contributed by atoms with van der Waals surface area (Å²) in [5.74, 6) is -0.284. The zero-order valence-corrected chi connectivity index (χ0v) is 11.0. The van der Waals surface area contributed by atoms with Crippen molar-refractivity contribution in [3.05, 3.63) is 0 Å². The summed E-state index contributed by atoms with van der Waals surface area (Å²) in [7, 11) is 0. The highest BCUT2D eigenvalue weighted by molar-refractivity contribution is 5.81. The zero-order valence-electron chi connectivity index (χ0n) is 11.0. The SMILES string of the molecule is CC1CCC(NC(=O)C2CCC(C(=O)O)C2)CC1. The molecular weight excluding hydrogens is 230 g/mol. The highest BCUT2D eigenvalue weighted by Gasteiger charge is 2.34. The van der Waals surface area contributed by atoms with Crippen LogP contribution in [0.25, 0.3) is 0 Å². The molecule has 2 aliphatic rings. The quantitative estimate of drug-likeness (QED) is 0.810. The van der Waals surface area contributed by atoms with E-state index in [0.717, 1.165) is 25.2 Å². The molecule has 2 rings (SSSR count). The third-order valence-corrected chi connectivity index (χ3v) is 4.51. The van der Waals surface area contributed by atoms with E-state index in [0.29, 0.717) is 18.9 Å². The van der Waals surface area contributed by atoms with Gasteiger partial charge in [0.1, 0.15) is 0 Å². The van der Waals surface area contributed by atoms with Gasteiger partial charge in [0.2, 0.25) is 5.91 Å². The van der Waals surface area contributed by atoms with Gasteiger partial charge in [-0.25, -0.2) is 0 Å². The Bertz CT molecular complexity index is 321. The van der Waals surface area contributed by atoms with Gasteiger partial charge in [-0.05, 0) is 50.9 Å². The number of nitrogens with one attached hydrogen (secondary N) is 1. The van der Waals surface area contributed by atoms with Gasteiger partial charge in [0, 0.05) is 12.0 Å². The molecule has 0 aromatic heterocycles. The molecule has 2 unspecified atom stereocenters. The Morgan fingerprint density at radius 1 is 1.00 bits per heavy atom. The van der Waals surface area contributed by atoms with Crippen molar-refractivity contribution in [2.45, 2.75) is 57.9 Å². The number of carbonyl (C=O) groups is 2. The lowest BCUT2D eigenvalue weighted by atomic mass is 9.87. The fraction of sp³-hybridized carbons (Fsp3) is 0.857. The molecule has 4 heteroatoms. The number of hydrogen-bond acceptors (Lipinski definition) is 2. The van der Waals surface area contributed by atoms with E-state index >= 15 is 0 Å². The van der Waals surface area contributed by atoms with Gasteiger partial charge in [0.15, 0.2) is 0 Å². The molecule has 2 fully saturated rings. The molecule has 0 spiro atoms. The van der Waals surface area contributed by atoms with Gasteiger partial charge < -0.3 is 10.4 Å². The summed E-state index contributed by atoms with van der Waals surface area (Å²) in [6, 6.07) is 0.317. The van der Waals surface area contributed by atoms with Crippen molar-refractivity contribution in [1.82, 2.24) is 5.32 Å². The maximum atomic E-state index is 12.1. The third kappa shape index (κ3) is 3.24. The smallest absolute Gasteiger partial charge is 0.306 e. The molecule has 2 N–H and O–H groups in total. The molecule has 2 saturated carbocycles. The Kier molecular flexibility index (Phi) is 4.25. The largest absolute Gasteiger partial charge is 0.481 e. The van der Waals surface area contributed by atoms with Crippen molar-refractivity contribution in [1.29, 1.82) is 0 Å². The number of aliphatic carboxylic acids is 1. The molecule has 18 heavy (non-hydrogen) atoms. The Morgan fingerprint density at radius 2 is 1.61 bits per heavy atom. The van der Waals surface area contributed by atoms with Gasteiger partial charge in [-0.1, -0.05) is 6.92 Å². The van der Waals surface area contributed by atoms with Gasteiger partial charge in [-0.3, -0.25) is 9.59 Å². The van der Waals surface area contributed by atoms with Crippen molar-refractivity contribution in [3.8, 4) is 0 Å². The summed E-state index contributed by atoms with van der Waals surface area (Å²) in [6.45, 7) is 2.26. The van der Waals surface area contributed by atoms with Crippen molar-refractivity contribution in [2.24, 2.45) is 17.8 Å². The lowest BCUT2D eigenvalue weighted by Crippen LogP contribution is -2.40. The maximum Gasteiger partial charge on any atom is 0.306 e. The van der Waals surface area contributed by atoms with Crippen LogP contribution in [0.4, 0.5) is 0 Å². The molecule has 2 aliphatic carbocycles. The minimum atomic E-state index is -0.753. The second-order valence-electron chi connectivity index (χ2n) is 6.01. The van der Waals surface area contributed by atoms with Crippen LogP contribution in [0.2, 0.25) is 0 Å². The van der Waals surface area contributed by atoms with E-state index in [9.17, 15) is 9.59 Å². The van der Waals surface area contributed by atoms with Crippen LogP contribution in [0.1, 0.15) is 51.9 Å². The summed E-state index contributed by atoms with van der Waals surface area (Å²) < 4.78 is 0. The van der Waals surface area contributed by atoms with Crippen LogP contribution < -0.4 is 5.32 Å². The minimum absolute atomic E-state index is 0.0783. The van der Waals surface area contributed by atoms with Crippen molar-refractivity contribution in [3.63, 3.8) is 0 Å². The predicted molar refractivity (Wildman–Crippen MR) is 68.0 cm³/mol. The van der Waals surface area contributed by atoms with Gasteiger partial charge in [0.05, 0.1) is 5.92 Å². The third-order valence-electron chi connectivity index (χ3n) is 4.51. The molecule has 1 amide bonds. The number of carbonyl (C=O) groups excluding carboxylic acids is 1. The van der Waals surface area contributed by atoms with Crippen LogP contribution in [0.3, 0.4) is 0 Å². The van der Waals surface area contributed by atoms with Gasteiger partial charge >= 0.3 is 5.97 Å². The fourth-order valence-corrected chi connectivity index (χ4v) is 3.17. The standard InChI is InChI=1S/C14H23NO3/c1-9-2-6-12(7-3-9)15-13(16)10-4-5-11(8-10)14(17)18/h9-12H,2-8H2,1H3,(H,15,16)(H,17,18). The van der Waals surface area contributed by atoms with E-state index < -0.39 is 5.97 Å². The lowest BCUT2D eigenvalue weighted by molar-refractivity contribution is -0.141. The van der Waals surface area contributed by atoms with Gasteiger partial charge in [0.25, 0.3) is 0 Å². The molecule has 102 valence electrons. The molecule has 0 aromatic rings. The van der Waals surface area contributed by atoms with E-state index in [1.165, 1.54) is 12.8 Å². The first-order valence-electron chi connectivity index (χ1n) is 7.09. The average molecular weight is 253 g/mol. The molecule has 0 saturated heterocycles. The second kappa shape index (κ2) is 5.72. The Labute approximate surface area is 108 Å². The molecule has 0 bridgehead atoms. The molecule has 4 nitrogen and oxygen atoms in total. The molecule has 0 aromatic carbocycles. The predicted octanol–water partition coefficient (Wildman–Crippen LogP) is 2.18. The van der Waals surface area contributed by atoms with E-state index in [1.807, 2.05) is 0 Å². The number of carboxylic acid groups (broad SMARTS) is 1. The second-order valence-corrected chi connectivity index (χ2v) is 6.01. The normalized spacial score (nSPS) is 36.3. The van der Waals surface area contributed by atoms with Crippen molar-refractivity contribution in [2.75, 3.05) is 0 Å². The fourth-order valence-electron chi connectivity index (χ4n) is 3.17.